The summed E-state index contributed by atoms with van der Waals surface area (Å²) in [6.07, 6.45) is 1.54. The second-order valence-electron chi connectivity index (χ2n) is 4.26. The van der Waals surface area contributed by atoms with Crippen LogP contribution in [-0.4, -0.2) is 15.0 Å². The van der Waals surface area contributed by atoms with E-state index in [1.807, 2.05) is 0 Å². The highest BCUT2D eigenvalue weighted by molar-refractivity contribution is 9.10. The molecule has 0 aliphatic rings. The van der Waals surface area contributed by atoms with Gasteiger partial charge in [-0.05, 0) is 42.5 Å². The lowest BCUT2D eigenvalue weighted by Gasteiger charge is -2.23. The molecule has 0 saturated carbocycles. The number of benzene rings is 2. The van der Waals surface area contributed by atoms with Crippen LogP contribution in [0.2, 0.25) is 5.02 Å². The third kappa shape index (κ3) is 3.67. The van der Waals surface area contributed by atoms with Gasteiger partial charge in [0.05, 0.1) is 17.1 Å². The van der Waals surface area contributed by atoms with Gasteiger partial charge in [0.1, 0.15) is 0 Å². The third-order valence-corrected chi connectivity index (χ3v) is 5.36. The summed E-state index contributed by atoms with van der Waals surface area (Å²) in [7, 11) is -3.67. The zero-order chi connectivity index (χ0) is 15.5. The summed E-state index contributed by atoms with van der Waals surface area (Å²) < 4.78 is 27.6. The Morgan fingerprint density at radius 2 is 1.86 bits per heavy atom. The number of hydrogen-bond acceptors (Lipinski definition) is 2. The highest BCUT2D eigenvalue weighted by Gasteiger charge is 2.24. The first-order valence-corrected chi connectivity index (χ1v) is 8.71. The quantitative estimate of drug-likeness (QED) is 0.710. The molecule has 0 aliphatic carbocycles. The lowest BCUT2D eigenvalue weighted by atomic mass is 10.3. The van der Waals surface area contributed by atoms with E-state index in [-0.39, 0.29) is 11.4 Å². The zero-order valence-electron chi connectivity index (χ0n) is 11.0. The van der Waals surface area contributed by atoms with E-state index in [0.717, 1.165) is 4.47 Å². The molecule has 0 aliphatic heterocycles. The first kappa shape index (κ1) is 16.1. The minimum atomic E-state index is -3.67. The number of hydrogen-bond donors (Lipinski definition) is 0. The first-order chi connectivity index (χ1) is 9.95. The molecule has 2 aromatic rings. The van der Waals surface area contributed by atoms with Crippen molar-refractivity contribution in [1.82, 2.24) is 0 Å². The maximum absolute atomic E-state index is 12.8. The molecule has 0 amide bonds. The molecule has 2 aromatic carbocycles. The minimum absolute atomic E-state index is 0.165. The molecule has 6 heteroatoms. The fraction of sp³-hybridized carbons (Fsp3) is 0.0667. The number of rotatable bonds is 5. The van der Waals surface area contributed by atoms with Crippen LogP contribution in [-0.2, 0) is 10.0 Å². The predicted molar refractivity (Wildman–Crippen MR) is 90.3 cm³/mol. The zero-order valence-corrected chi connectivity index (χ0v) is 14.2. The molecule has 0 saturated heterocycles. The van der Waals surface area contributed by atoms with E-state index in [2.05, 4.69) is 22.5 Å². The maximum Gasteiger partial charge on any atom is 0.264 e. The average Bonchev–Trinajstić information content (AvgIpc) is 2.45. The SMILES string of the molecule is C=CCN(c1cccc(Cl)c1)S(=O)(=O)c1ccc(Br)cc1. The molecule has 0 fully saturated rings. The Bertz CT molecular complexity index is 745. The van der Waals surface area contributed by atoms with Crippen molar-refractivity contribution < 1.29 is 8.42 Å². The van der Waals surface area contributed by atoms with Gasteiger partial charge in [-0.25, -0.2) is 8.42 Å². The monoisotopic (exact) mass is 385 g/mol. The standard InChI is InChI=1S/C15H13BrClNO2S/c1-2-10-18(14-5-3-4-13(17)11-14)21(19,20)15-8-6-12(16)7-9-15/h2-9,11H,1,10H2. The van der Waals surface area contributed by atoms with Crippen LogP contribution in [0.3, 0.4) is 0 Å². The van der Waals surface area contributed by atoms with E-state index in [9.17, 15) is 8.42 Å². The smallest absolute Gasteiger partial charge is 0.262 e. The van der Waals surface area contributed by atoms with Crippen LogP contribution in [0.15, 0.2) is 70.6 Å². The Kier molecular flexibility index (Phi) is 5.08. The van der Waals surface area contributed by atoms with Crippen LogP contribution < -0.4 is 4.31 Å². The van der Waals surface area contributed by atoms with Crippen molar-refractivity contribution in [3.63, 3.8) is 0 Å². The maximum atomic E-state index is 12.8. The number of halogens is 2. The Morgan fingerprint density at radius 1 is 1.19 bits per heavy atom. The van der Waals surface area contributed by atoms with E-state index in [4.69, 9.17) is 11.6 Å². The molecule has 0 aromatic heterocycles. The van der Waals surface area contributed by atoms with Crippen LogP contribution >= 0.6 is 27.5 Å². The van der Waals surface area contributed by atoms with Crippen LogP contribution in [0.25, 0.3) is 0 Å². The largest absolute Gasteiger partial charge is 0.264 e. The first-order valence-electron chi connectivity index (χ1n) is 6.10. The Morgan fingerprint density at radius 3 is 2.43 bits per heavy atom. The van der Waals surface area contributed by atoms with Gasteiger partial charge in [-0.15, -0.1) is 6.58 Å². The fourth-order valence-corrected chi connectivity index (χ4v) is 3.70. The van der Waals surface area contributed by atoms with Crippen LogP contribution in [0.5, 0.6) is 0 Å². The highest BCUT2D eigenvalue weighted by Crippen LogP contribution is 2.26. The minimum Gasteiger partial charge on any atom is -0.262 e. The number of nitrogens with zero attached hydrogens (tertiary/aromatic N) is 1. The van der Waals surface area contributed by atoms with Crippen LogP contribution in [0.4, 0.5) is 5.69 Å². The molecule has 0 atom stereocenters. The molecule has 0 radical (unpaired) electrons. The summed E-state index contributed by atoms with van der Waals surface area (Å²) in [5, 5.41) is 0.479. The molecule has 2 rings (SSSR count). The van der Waals surface area contributed by atoms with Gasteiger partial charge < -0.3 is 0 Å². The topological polar surface area (TPSA) is 37.4 Å². The van der Waals surface area contributed by atoms with E-state index in [0.29, 0.717) is 10.7 Å². The van der Waals surface area contributed by atoms with Gasteiger partial charge in [0.25, 0.3) is 10.0 Å². The molecule has 0 heterocycles. The molecule has 0 bridgehead atoms. The van der Waals surface area contributed by atoms with E-state index < -0.39 is 10.0 Å². The molecule has 0 spiro atoms. The highest BCUT2D eigenvalue weighted by atomic mass is 79.9. The Hall–Kier alpha value is -1.30. The van der Waals surface area contributed by atoms with Gasteiger partial charge >= 0.3 is 0 Å². The van der Waals surface area contributed by atoms with Gasteiger partial charge in [0.15, 0.2) is 0 Å². The lowest BCUT2D eigenvalue weighted by Crippen LogP contribution is -2.31. The van der Waals surface area contributed by atoms with Crippen molar-refractivity contribution in [2.24, 2.45) is 0 Å². The average molecular weight is 387 g/mol. The molecular weight excluding hydrogens is 374 g/mol. The van der Waals surface area contributed by atoms with Crippen LogP contribution in [0, 0.1) is 0 Å². The summed E-state index contributed by atoms with van der Waals surface area (Å²) in [6, 6.07) is 13.2. The van der Waals surface area contributed by atoms with Crippen molar-refractivity contribution in [3.8, 4) is 0 Å². The van der Waals surface area contributed by atoms with Gasteiger partial charge in [-0.3, -0.25) is 4.31 Å². The fourth-order valence-electron chi connectivity index (χ4n) is 1.82. The van der Waals surface area contributed by atoms with E-state index in [1.54, 1.807) is 48.5 Å². The van der Waals surface area contributed by atoms with Crippen molar-refractivity contribution >= 4 is 43.2 Å². The Labute approximate surface area is 138 Å². The number of anilines is 1. The van der Waals surface area contributed by atoms with E-state index >= 15 is 0 Å². The van der Waals surface area contributed by atoms with Gasteiger partial charge in [0, 0.05) is 9.50 Å². The van der Waals surface area contributed by atoms with Crippen molar-refractivity contribution in [3.05, 3.63) is 70.7 Å². The lowest BCUT2D eigenvalue weighted by molar-refractivity contribution is 0.593. The summed E-state index contributed by atoms with van der Waals surface area (Å²) in [5.74, 6) is 0. The molecular formula is C15H13BrClNO2S. The van der Waals surface area contributed by atoms with E-state index in [1.165, 1.54) is 10.4 Å². The molecule has 0 N–H and O–H groups in total. The molecule has 3 nitrogen and oxygen atoms in total. The third-order valence-electron chi connectivity index (χ3n) is 2.79. The van der Waals surface area contributed by atoms with Crippen molar-refractivity contribution in [2.75, 3.05) is 10.8 Å². The molecule has 110 valence electrons. The summed E-state index contributed by atoms with van der Waals surface area (Å²) >= 11 is 9.24. The predicted octanol–water partition coefficient (Wildman–Crippen LogP) is 4.48. The van der Waals surface area contributed by atoms with Crippen molar-refractivity contribution in [1.29, 1.82) is 0 Å². The second kappa shape index (κ2) is 6.64. The van der Waals surface area contributed by atoms with Gasteiger partial charge in [-0.1, -0.05) is 39.7 Å². The molecule has 21 heavy (non-hydrogen) atoms. The summed E-state index contributed by atoms with van der Waals surface area (Å²) in [4.78, 5) is 0.215. The summed E-state index contributed by atoms with van der Waals surface area (Å²) in [6.45, 7) is 3.79. The van der Waals surface area contributed by atoms with Gasteiger partial charge in [-0.2, -0.15) is 0 Å². The van der Waals surface area contributed by atoms with Gasteiger partial charge in [0.2, 0.25) is 0 Å². The summed E-state index contributed by atoms with van der Waals surface area (Å²) in [5.41, 5.74) is 0.505. The molecule has 0 unspecified atom stereocenters. The normalized spacial score (nSPS) is 11.1. The second-order valence-corrected chi connectivity index (χ2v) is 7.47. The van der Waals surface area contributed by atoms with Crippen molar-refractivity contribution in [2.45, 2.75) is 4.90 Å². The Balaban J connectivity index is 2.50. The van der Waals surface area contributed by atoms with Crippen LogP contribution in [0.1, 0.15) is 0 Å². The number of sulfonamides is 1.